The Morgan fingerprint density at radius 2 is 1.76 bits per heavy atom. The fourth-order valence-corrected chi connectivity index (χ4v) is 8.29. The quantitative estimate of drug-likeness (QED) is 0.324. The largest absolute Gasteiger partial charge is 0.394 e. The molecule has 3 N–H and O–H groups in total. The molecule has 9 heteroatoms. The number of aliphatic hydroxyl groups is 2. The van der Waals surface area contributed by atoms with Crippen LogP contribution in [-0.2, 0) is 16.2 Å². The van der Waals surface area contributed by atoms with Crippen molar-refractivity contribution in [3.63, 3.8) is 0 Å². The van der Waals surface area contributed by atoms with Gasteiger partial charge in [-0.3, -0.25) is 14.4 Å². The van der Waals surface area contributed by atoms with Gasteiger partial charge in [-0.1, -0.05) is 51.1 Å². The Balaban J connectivity index is 1.32. The van der Waals surface area contributed by atoms with Crippen molar-refractivity contribution in [1.29, 1.82) is 0 Å². The van der Waals surface area contributed by atoms with Gasteiger partial charge in [0.15, 0.2) is 0 Å². The maximum absolute atomic E-state index is 14.0. The summed E-state index contributed by atoms with van der Waals surface area (Å²) in [6.45, 7) is 10.2. The van der Waals surface area contributed by atoms with Crippen LogP contribution in [0.25, 0.3) is 11.1 Å². The molecule has 2 aromatic carbocycles. The summed E-state index contributed by atoms with van der Waals surface area (Å²) in [6.07, 6.45) is 1.56. The molecule has 3 aliphatic carbocycles. The molecule has 2 bridgehead atoms. The van der Waals surface area contributed by atoms with Crippen LogP contribution in [0.15, 0.2) is 48.5 Å². The second kappa shape index (κ2) is 14.1. The van der Waals surface area contributed by atoms with Crippen molar-refractivity contribution < 1.29 is 24.6 Å². The second-order valence-corrected chi connectivity index (χ2v) is 14.9. The maximum atomic E-state index is 14.0. The first-order chi connectivity index (χ1) is 21.8. The van der Waals surface area contributed by atoms with Gasteiger partial charge in [-0.05, 0) is 105 Å². The highest BCUT2D eigenvalue weighted by Gasteiger charge is 2.57. The SMILES string of the molecule is C[C@@H]1[C@@H](NC(=O)[C@@H]2[C@H]([C@H](C)O)[C@H](CO)ON2Cc2cccc(-c3cccc(C(=O)N(C)CCCN(C)C)c3)c2)C[C@@H]2C[C@H]1C2(C)C. The molecule has 0 radical (unpaired) electrons. The lowest BCUT2D eigenvalue weighted by molar-refractivity contribution is -0.183. The van der Waals surface area contributed by atoms with Gasteiger partial charge < -0.3 is 25.3 Å². The number of rotatable bonds is 12. The van der Waals surface area contributed by atoms with Gasteiger partial charge in [0, 0.05) is 31.1 Å². The topological polar surface area (TPSA) is 106 Å². The van der Waals surface area contributed by atoms with Gasteiger partial charge in [0.25, 0.3) is 5.91 Å². The molecule has 1 heterocycles. The summed E-state index contributed by atoms with van der Waals surface area (Å²) in [5.74, 6) is 0.822. The van der Waals surface area contributed by atoms with E-state index in [1.54, 1.807) is 16.9 Å². The minimum atomic E-state index is -0.846. The molecule has 4 fully saturated rings. The Morgan fingerprint density at radius 3 is 2.39 bits per heavy atom. The Hall–Kier alpha value is -2.82. The van der Waals surface area contributed by atoms with Gasteiger partial charge in [-0.25, -0.2) is 0 Å². The highest BCUT2D eigenvalue weighted by molar-refractivity contribution is 5.95. The van der Waals surface area contributed by atoms with Crippen LogP contribution >= 0.6 is 0 Å². The smallest absolute Gasteiger partial charge is 0.253 e. The molecule has 46 heavy (non-hydrogen) atoms. The van der Waals surface area contributed by atoms with E-state index >= 15 is 0 Å². The third-order valence-corrected chi connectivity index (χ3v) is 11.2. The van der Waals surface area contributed by atoms with E-state index in [2.05, 4.69) is 31.0 Å². The fourth-order valence-electron chi connectivity index (χ4n) is 8.29. The summed E-state index contributed by atoms with van der Waals surface area (Å²) in [6, 6.07) is 15.0. The van der Waals surface area contributed by atoms with Crippen molar-refractivity contribution in [1.82, 2.24) is 20.2 Å². The van der Waals surface area contributed by atoms with Gasteiger partial charge >= 0.3 is 0 Å². The summed E-state index contributed by atoms with van der Waals surface area (Å²) in [4.78, 5) is 37.2. The second-order valence-electron chi connectivity index (χ2n) is 14.9. The van der Waals surface area contributed by atoms with E-state index < -0.39 is 24.2 Å². The van der Waals surface area contributed by atoms with E-state index in [0.717, 1.165) is 36.1 Å². The molecule has 9 nitrogen and oxygen atoms in total. The molecule has 8 atom stereocenters. The van der Waals surface area contributed by atoms with Crippen LogP contribution in [0, 0.1) is 29.1 Å². The number of hydroxylamine groups is 2. The Bertz CT molecular complexity index is 1380. The van der Waals surface area contributed by atoms with Crippen molar-refractivity contribution in [2.75, 3.05) is 40.8 Å². The van der Waals surface area contributed by atoms with Crippen LogP contribution in [0.1, 0.15) is 62.9 Å². The van der Waals surface area contributed by atoms with Crippen molar-refractivity contribution in [3.05, 3.63) is 59.7 Å². The molecule has 1 saturated heterocycles. The molecular weight excluding hydrogens is 580 g/mol. The number of nitrogens with zero attached hydrogens (tertiary/aromatic N) is 3. The number of nitrogens with one attached hydrogen (secondary N) is 1. The van der Waals surface area contributed by atoms with Crippen molar-refractivity contribution >= 4 is 11.8 Å². The third kappa shape index (κ3) is 7.04. The van der Waals surface area contributed by atoms with Crippen molar-refractivity contribution in [3.8, 4) is 11.1 Å². The summed E-state index contributed by atoms with van der Waals surface area (Å²) in [7, 11) is 5.90. The van der Waals surface area contributed by atoms with Gasteiger partial charge in [-0.2, -0.15) is 5.06 Å². The molecule has 0 spiro atoms. The number of fused-ring (bicyclic) bond motifs is 2. The average molecular weight is 635 g/mol. The monoisotopic (exact) mass is 634 g/mol. The molecule has 1 aliphatic heterocycles. The van der Waals surface area contributed by atoms with E-state index in [-0.39, 0.29) is 24.5 Å². The average Bonchev–Trinajstić information content (AvgIpc) is 3.39. The van der Waals surface area contributed by atoms with Crippen LogP contribution < -0.4 is 5.32 Å². The van der Waals surface area contributed by atoms with Gasteiger partial charge in [0.2, 0.25) is 5.91 Å². The molecule has 3 saturated carbocycles. The zero-order valence-electron chi connectivity index (χ0n) is 28.6. The van der Waals surface area contributed by atoms with Crippen LogP contribution in [0.3, 0.4) is 0 Å². The number of amides is 2. The Morgan fingerprint density at radius 1 is 1.07 bits per heavy atom. The van der Waals surface area contributed by atoms with E-state index in [9.17, 15) is 19.8 Å². The lowest BCUT2D eigenvalue weighted by atomic mass is 9.45. The summed E-state index contributed by atoms with van der Waals surface area (Å²) < 4.78 is 0. The normalized spacial score (nSPS) is 29.3. The molecule has 4 aliphatic rings. The summed E-state index contributed by atoms with van der Waals surface area (Å²) in [5, 5.41) is 25.9. The Labute approximate surface area is 274 Å². The first kappa shape index (κ1) is 34.5. The van der Waals surface area contributed by atoms with E-state index in [4.69, 9.17) is 4.84 Å². The van der Waals surface area contributed by atoms with Crippen LogP contribution in [0.5, 0.6) is 0 Å². The maximum Gasteiger partial charge on any atom is 0.253 e. The predicted octanol–water partition coefficient (Wildman–Crippen LogP) is 4.04. The van der Waals surface area contributed by atoms with Gasteiger partial charge in [0.05, 0.1) is 19.3 Å². The highest BCUT2D eigenvalue weighted by Crippen LogP contribution is 2.61. The van der Waals surface area contributed by atoms with Crippen molar-refractivity contribution in [2.45, 2.75) is 77.8 Å². The molecule has 6 rings (SSSR count). The third-order valence-electron chi connectivity index (χ3n) is 11.2. The first-order valence-electron chi connectivity index (χ1n) is 16.9. The first-order valence-corrected chi connectivity index (χ1v) is 16.9. The Kier molecular flexibility index (Phi) is 10.6. The zero-order valence-corrected chi connectivity index (χ0v) is 28.6. The number of hydrogen-bond donors (Lipinski definition) is 3. The number of carbonyl (C=O) groups excluding carboxylic acids is 2. The lowest BCUT2D eigenvalue weighted by Crippen LogP contribution is -2.62. The number of carbonyl (C=O) groups is 2. The van der Waals surface area contributed by atoms with Crippen molar-refractivity contribution in [2.24, 2.45) is 29.1 Å². The van der Waals surface area contributed by atoms with E-state index in [1.807, 2.05) is 69.7 Å². The molecular formula is C37H54N4O5. The minimum absolute atomic E-state index is 0.0107. The van der Waals surface area contributed by atoms with Crippen LogP contribution in [0.4, 0.5) is 0 Å². The van der Waals surface area contributed by atoms with Crippen LogP contribution in [-0.4, -0.2) is 102 Å². The van der Waals surface area contributed by atoms with Gasteiger partial charge in [-0.15, -0.1) is 0 Å². The summed E-state index contributed by atoms with van der Waals surface area (Å²) >= 11 is 0. The number of aliphatic hydroxyl groups excluding tert-OH is 2. The molecule has 2 aromatic rings. The zero-order chi connectivity index (χ0) is 33.3. The highest BCUT2D eigenvalue weighted by atomic mass is 16.7. The van der Waals surface area contributed by atoms with Gasteiger partial charge in [0.1, 0.15) is 12.1 Å². The fraction of sp³-hybridized carbons (Fsp3) is 0.622. The standard InChI is InChI=1S/C37H54N4O5/c1-23-30-19-29(37(30,3)4)20-31(23)38-35(44)34-33(24(2)43)32(22-42)46-41(34)21-25-11-8-12-26(17-25)27-13-9-14-28(18-27)36(45)40(7)16-10-15-39(5)6/h8-9,11-14,17-18,23-24,29-34,42-43H,10,15-16,19-22H2,1-7H3,(H,38,44)/t23-,24-,29-,30+,31-,32-,33+,34-/m0/s1. The van der Waals surface area contributed by atoms with E-state index in [0.29, 0.717) is 41.8 Å². The molecule has 0 aromatic heterocycles. The minimum Gasteiger partial charge on any atom is -0.394 e. The van der Waals surface area contributed by atoms with Crippen LogP contribution in [0.2, 0.25) is 0 Å². The number of hydrogen-bond acceptors (Lipinski definition) is 7. The lowest BCUT2D eigenvalue weighted by Gasteiger charge is -2.62. The molecule has 2 amide bonds. The van der Waals surface area contributed by atoms with E-state index in [1.165, 1.54) is 6.42 Å². The molecule has 252 valence electrons. The summed E-state index contributed by atoms with van der Waals surface area (Å²) in [5.41, 5.74) is 3.75. The number of benzene rings is 2. The molecule has 0 unspecified atom stereocenters. The predicted molar refractivity (Wildman–Crippen MR) is 180 cm³/mol.